The minimum Gasteiger partial charge on any atom is -0.375 e. The van der Waals surface area contributed by atoms with Crippen LogP contribution in [-0.4, -0.2) is 12.5 Å². The first-order valence-corrected chi connectivity index (χ1v) is 6.66. The summed E-state index contributed by atoms with van der Waals surface area (Å²) in [4.78, 5) is 13.4. The summed E-state index contributed by atoms with van der Waals surface area (Å²) in [6.45, 7) is 0.156. The van der Waals surface area contributed by atoms with Gasteiger partial charge in [-0.1, -0.05) is 42.1 Å². The van der Waals surface area contributed by atoms with Gasteiger partial charge >= 0.3 is 0 Å². The second-order valence-electron chi connectivity index (χ2n) is 3.83. The molecule has 0 fully saturated rings. The van der Waals surface area contributed by atoms with Crippen molar-refractivity contribution < 1.29 is 4.79 Å². The average Bonchev–Trinajstić information content (AvgIpc) is 2.47. The van der Waals surface area contributed by atoms with Crippen LogP contribution in [0.2, 0.25) is 0 Å². The van der Waals surface area contributed by atoms with Crippen molar-refractivity contribution in [2.45, 2.75) is 9.79 Å². The Kier molecular flexibility index (Phi) is 4.83. The summed E-state index contributed by atoms with van der Waals surface area (Å²) in [6.07, 6.45) is 0. The van der Waals surface area contributed by atoms with Gasteiger partial charge in [0.15, 0.2) is 0 Å². The monoisotopic (exact) mass is 273 g/mol. The molecule has 4 N–H and O–H groups in total. The van der Waals surface area contributed by atoms with Gasteiger partial charge in [0.1, 0.15) is 0 Å². The Labute approximate surface area is 116 Å². The largest absolute Gasteiger partial charge is 0.375 e. The van der Waals surface area contributed by atoms with E-state index in [4.69, 9.17) is 5.84 Å². The molecule has 0 aliphatic rings. The Morgan fingerprint density at radius 1 is 1.05 bits per heavy atom. The maximum Gasteiger partial charge on any atom is 0.253 e. The second-order valence-corrected chi connectivity index (χ2v) is 4.95. The van der Waals surface area contributed by atoms with Crippen LogP contribution in [0, 0.1) is 0 Å². The Morgan fingerprint density at radius 2 is 1.74 bits per heavy atom. The van der Waals surface area contributed by atoms with E-state index in [-0.39, 0.29) is 12.5 Å². The summed E-state index contributed by atoms with van der Waals surface area (Å²) in [5, 5.41) is 3.07. The SMILES string of the molecule is NNC(=O)CNc1ccccc1Sc1ccccc1. The summed E-state index contributed by atoms with van der Waals surface area (Å²) >= 11 is 1.65. The zero-order chi connectivity index (χ0) is 13.5. The van der Waals surface area contributed by atoms with Crippen molar-refractivity contribution in [2.75, 3.05) is 11.9 Å². The van der Waals surface area contributed by atoms with E-state index in [1.807, 2.05) is 54.6 Å². The quantitative estimate of drug-likeness (QED) is 0.444. The number of nitrogens with two attached hydrogens (primary N) is 1. The number of nitrogens with one attached hydrogen (secondary N) is 2. The molecule has 19 heavy (non-hydrogen) atoms. The van der Waals surface area contributed by atoms with Gasteiger partial charge in [-0.05, 0) is 24.3 Å². The van der Waals surface area contributed by atoms with Crippen molar-refractivity contribution in [1.82, 2.24) is 5.43 Å². The van der Waals surface area contributed by atoms with E-state index < -0.39 is 0 Å². The lowest BCUT2D eigenvalue weighted by atomic mass is 10.3. The number of carbonyl (C=O) groups excluding carboxylic acids is 1. The van der Waals surface area contributed by atoms with Gasteiger partial charge in [-0.25, -0.2) is 5.84 Å². The van der Waals surface area contributed by atoms with Crippen molar-refractivity contribution in [3.8, 4) is 0 Å². The molecule has 0 heterocycles. The number of hydrogen-bond donors (Lipinski definition) is 3. The van der Waals surface area contributed by atoms with Crippen molar-refractivity contribution in [1.29, 1.82) is 0 Å². The molecular weight excluding hydrogens is 258 g/mol. The maximum absolute atomic E-state index is 11.1. The van der Waals surface area contributed by atoms with Crippen molar-refractivity contribution in [3.05, 3.63) is 54.6 Å². The molecule has 5 heteroatoms. The highest BCUT2D eigenvalue weighted by atomic mass is 32.2. The average molecular weight is 273 g/mol. The standard InChI is InChI=1S/C14H15N3OS/c15-17-14(18)10-16-12-8-4-5-9-13(12)19-11-6-2-1-3-7-11/h1-9,16H,10,15H2,(H,17,18). The zero-order valence-corrected chi connectivity index (χ0v) is 11.1. The smallest absolute Gasteiger partial charge is 0.253 e. The minimum absolute atomic E-state index is 0.156. The van der Waals surface area contributed by atoms with Gasteiger partial charge in [0.2, 0.25) is 0 Å². The zero-order valence-electron chi connectivity index (χ0n) is 10.3. The normalized spacial score (nSPS) is 9.95. The van der Waals surface area contributed by atoms with Crippen molar-refractivity contribution in [3.63, 3.8) is 0 Å². The van der Waals surface area contributed by atoms with E-state index in [9.17, 15) is 4.79 Å². The molecule has 0 saturated carbocycles. The number of hydrazine groups is 1. The van der Waals surface area contributed by atoms with Crippen LogP contribution in [0.4, 0.5) is 5.69 Å². The van der Waals surface area contributed by atoms with E-state index in [2.05, 4.69) is 10.7 Å². The molecule has 0 aliphatic heterocycles. The molecular formula is C14H15N3OS. The predicted molar refractivity (Wildman–Crippen MR) is 77.8 cm³/mol. The number of rotatable bonds is 5. The van der Waals surface area contributed by atoms with E-state index in [1.165, 1.54) is 0 Å². The number of anilines is 1. The van der Waals surface area contributed by atoms with Gasteiger partial charge in [-0.3, -0.25) is 10.2 Å². The first kappa shape index (κ1) is 13.5. The van der Waals surface area contributed by atoms with Crippen LogP contribution in [0.5, 0.6) is 0 Å². The molecule has 0 unspecified atom stereocenters. The summed E-state index contributed by atoms with van der Waals surface area (Å²) in [6, 6.07) is 17.9. The fourth-order valence-electron chi connectivity index (χ4n) is 1.54. The van der Waals surface area contributed by atoms with E-state index in [0.29, 0.717) is 0 Å². The Hall–Kier alpha value is -1.98. The van der Waals surface area contributed by atoms with Gasteiger partial charge in [0.05, 0.1) is 6.54 Å². The number of carbonyl (C=O) groups is 1. The van der Waals surface area contributed by atoms with Crippen molar-refractivity contribution in [2.24, 2.45) is 5.84 Å². The van der Waals surface area contributed by atoms with Crippen LogP contribution in [-0.2, 0) is 4.79 Å². The van der Waals surface area contributed by atoms with E-state index in [0.717, 1.165) is 15.5 Å². The molecule has 1 amide bonds. The number of amides is 1. The highest BCUT2D eigenvalue weighted by molar-refractivity contribution is 7.99. The molecule has 0 aromatic heterocycles. The van der Waals surface area contributed by atoms with Gasteiger partial charge in [-0.2, -0.15) is 0 Å². The lowest BCUT2D eigenvalue weighted by Crippen LogP contribution is -2.35. The molecule has 0 spiro atoms. The highest BCUT2D eigenvalue weighted by Crippen LogP contribution is 2.32. The molecule has 2 aromatic carbocycles. The molecule has 98 valence electrons. The van der Waals surface area contributed by atoms with E-state index in [1.54, 1.807) is 11.8 Å². The molecule has 0 bridgehead atoms. The third kappa shape index (κ3) is 4.01. The lowest BCUT2D eigenvalue weighted by Gasteiger charge is -2.10. The van der Waals surface area contributed by atoms with Gasteiger partial charge in [0.25, 0.3) is 5.91 Å². The van der Waals surface area contributed by atoms with Crippen molar-refractivity contribution >= 4 is 23.4 Å². The summed E-state index contributed by atoms with van der Waals surface area (Å²) in [7, 11) is 0. The molecule has 0 atom stereocenters. The van der Waals surface area contributed by atoms with Gasteiger partial charge in [-0.15, -0.1) is 0 Å². The number of para-hydroxylation sites is 1. The first-order chi connectivity index (χ1) is 9.29. The maximum atomic E-state index is 11.1. The highest BCUT2D eigenvalue weighted by Gasteiger charge is 2.05. The van der Waals surface area contributed by atoms with Gasteiger partial charge < -0.3 is 5.32 Å². The van der Waals surface area contributed by atoms with Crippen LogP contribution in [0.1, 0.15) is 0 Å². The number of benzene rings is 2. The minimum atomic E-state index is -0.250. The Morgan fingerprint density at radius 3 is 2.47 bits per heavy atom. The topological polar surface area (TPSA) is 67.1 Å². The number of hydrogen-bond acceptors (Lipinski definition) is 4. The summed E-state index contributed by atoms with van der Waals surface area (Å²) in [5.74, 6) is 4.80. The molecule has 2 rings (SSSR count). The van der Waals surface area contributed by atoms with Crippen LogP contribution in [0.15, 0.2) is 64.4 Å². The fourth-order valence-corrected chi connectivity index (χ4v) is 2.49. The summed E-state index contributed by atoms with van der Waals surface area (Å²) in [5.41, 5.74) is 3.01. The van der Waals surface area contributed by atoms with Crippen LogP contribution in [0.25, 0.3) is 0 Å². The molecule has 2 aromatic rings. The Balaban J connectivity index is 2.10. The lowest BCUT2D eigenvalue weighted by molar-refractivity contribution is -0.119. The van der Waals surface area contributed by atoms with Crippen LogP contribution < -0.4 is 16.6 Å². The van der Waals surface area contributed by atoms with Crippen LogP contribution >= 0.6 is 11.8 Å². The fraction of sp³-hybridized carbons (Fsp3) is 0.0714. The summed E-state index contributed by atoms with van der Waals surface area (Å²) < 4.78 is 0. The molecule has 0 radical (unpaired) electrons. The third-order valence-electron chi connectivity index (χ3n) is 2.46. The molecule has 0 saturated heterocycles. The Bertz CT molecular complexity index is 545. The third-order valence-corrected chi connectivity index (χ3v) is 3.54. The van der Waals surface area contributed by atoms with Gasteiger partial charge in [0, 0.05) is 15.5 Å². The van der Waals surface area contributed by atoms with Crippen LogP contribution in [0.3, 0.4) is 0 Å². The first-order valence-electron chi connectivity index (χ1n) is 5.85. The van der Waals surface area contributed by atoms with E-state index >= 15 is 0 Å². The predicted octanol–water partition coefficient (Wildman–Crippen LogP) is 2.24. The molecule has 0 aliphatic carbocycles. The molecule has 4 nitrogen and oxygen atoms in total. The second kappa shape index (κ2) is 6.82.